The van der Waals surface area contributed by atoms with E-state index in [0.717, 1.165) is 49.7 Å². The lowest BCUT2D eigenvalue weighted by Crippen LogP contribution is -2.44. The summed E-state index contributed by atoms with van der Waals surface area (Å²) in [6.45, 7) is 8.82. The molecular weight excluding hydrogens is 294 g/mol. The van der Waals surface area contributed by atoms with E-state index in [4.69, 9.17) is 6.42 Å². The van der Waals surface area contributed by atoms with Gasteiger partial charge in [-0.05, 0) is 25.8 Å². The van der Waals surface area contributed by atoms with E-state index in [2.05, 4.69) is 34.6 Å². The van der Waals surface area contributed by atoms with Gasteiger partial charge in [-0.1, -0.05) is 19.8 Å². The molecule has 0 amide bonds. The van der Waals surface area contributed by atoms with Crippen molar-refractivity contribution in [2.24, 2.45) is 5.92 Å². The molecule has 0 spiro atoms. The first kappa shape index (κ1) is 17.4. The summed E-state index contributed by atoms with van der Waals surface area (Å²) in [7, 11) is 1.99. The molecule has 0 unspecified atom stereocenters. The van der Waals surface area contributed by atoms with Gasteiger partial charge >= 0.3 is 0 Å². The number of piperidine rings is 1. The Labute approximate surface area is 138 Å². The summed E-state index contributed by atoms with van der Waals surface area (Å²) < 4.78 is 0. The van der Waals surface area contributed by atoms with Gasteiger partial charge < -0.3 is 10.0 Å². The zero-order chi connectivity index (χ0) is 16.2. The standard InChI is InChI=1S/C17H27N3OS/c1-5-8-19(4)12-16-18-15(13-22-16)17(21)6-9-20(10-7-17)11-14(2)3/h1,13-14,21H,6-12H2,2-4H3. The van der Waals surface area contributed by atoms with Gasteiger partial charge in [-0.3, -0.25) is 4.90 Å². The first-order valence-electron chi connectivity index (χ1n) is 7.94. The van der Waals surface area contributed by atoms with Gasteiger partial charge in [0.15, 0.2) is 0 Å². The fourth-order valence-corrected chi connectivity index (χ4v) is 3.88. The van der Waals surface area contributed by atoms with Crippen molar-refractivity contribution in [3.05, 3.63) is 16.1 Å². The van der Waals surface area contributed by atoms with Gasteiger partial charge in [0.25, 0.3) is 0 Å². The van der Waals surface area contributed by atoms with E-state index in [1.807, 2.05) is 12.4 Å². The number of thiazole rings is 1. The Morgan fingerprint density at radius 3 is 2.77 bits per heavy atom. The average molecular weight is 321 g/mol. The lowest BCUT2D eigenvalue weighted by Gasteiger charge is -2.37. The maximum Gasteiger partial charge on any atom is 0.110 e. The average Bonchev–Trinajstić information content (AvgIpc) is 2.90. The number of aliphatic hydroxyl groups is 1. The molecule has 0 saturated carbocycles. The van der Waals surface area contributed by atoms with E-state index in [1.54, 1.807) is 11.3 Å². The topological polar surface area (TPSA) is 39.6 Å². The molecule has 2 heterocycles. The third-order valence-corrected chi connectivity index (χ3v) is 4.94. The molecule has 5 heteroatoms. The normalized spacial score (nSPS) is 18.8. The number of rotatable bonds is 6. The molecule has 1 aromatic rings. The van der Waals surface area contributed by atoms with Crippen molar-refractivity contribution in [2.75, 3.05) is 33.2 Å². The third kappa shape index (κ3) is 4.53. The summed E-state index contributed by atoms with van der Waals surface area (Å²) in [5.74, 6) is 3.30. The Morgan fingerprint density at radius 2 is 2.18 bits per heavy atom. The summed E-state index contributed by atoms with van der Waals surface area (Å²) in [6, 6.07) is 0. The fraction of sp³-hybridized carbons (Fsp3) is 0.706. The molecule has 0 bridgehead atoms. The van der Waals surface area contributed by atoms with Gasteiger partial charge in [0.2, 0.25) is 0 Å². The van der Waals surface area contributed by atoms with Crippen LogP contribution in [0.2, 0.25) is 0 Å². The Bertz CT molecular complexity index is 512. The van der Waals surface area contributed by atoms with Crippen LogP contribution in [0.4, 0.5) is 0 Å². The molecule has 2 rings (SSSR count). The number of hydrogen-bond acceptors (Lipinski definition) is 5. The van der Waals surface area contributed by atoms with E-state index in [1.165, 1.54) is 0 Å². The van der Waals surface area contributed by atoms with Crippen LogP contribution in [-0.2, 0) is 12.1 Å². The lowest BCUT2D eigenvalue weighted by atomic mass is 9.88. The monoisotopic (exact) mass is 321 g/mol. The van der Waals surface area contributed by atoms with Crippen LogP contribution in [0.5, 0.6) is 0 Å². The summed E-state index contributed by atoms with van der Waals surface area (Å²) in [6.07, 6.45) is 6.85. The zero-order valence-corrected chi connectivity index (χ0v) is 14.7. The SMILES string of the molecule is C#CCN(C)Cc1nc(C2(O)CCN(CC(C)C)CC2)cs1. The summed E-state index contributed by atoms with van der Waals surface area (Å²) in [5, 5.41) is 13.9. The van der Waals surface area contributed by atoms with Crippen LogP contribution in [0.25, 0.3) is 0 Å². The van der Waals surface area contributed by atoms with Crippen LogP contribution in [-0.4, -0.2) is 53.1 Å². The molecule has 22 heavy (non-hydrogen) atoms. The molecule has 1 fully saturated rings. The first-order valence-corrected chi connectivity index (χ1v) is 8.82. The Balaban J connectivity index is 1.94. The highest BCUT2D eigenvalue weighted by atomic mass is 32.1. The van der Waals surface area contributed by atoms with Crippen molar-refractivity contribution in [1.29, 1.82) is 0 Å². The van der Waals surface area contributed by atoms with Crippen LogP contribution in [0.1, 0.15) is 37.4 Å². The number of aromatic nitrogens is 1. The van der Waals surface area contributed by atoms with Gasteiger partial charge in [0.1, 0.15) is 10.6 Å². The van der Waals surface area contributed by atoms with Crippen LogP contribution in [0.15, 0.2) is 5.38 Å². The maximum absolute atomic E-state index is 10.9. The summed E-state index contributed by atoms with van der Waals surface area (Å²) in [5.41, 5.74) is 0.0817. The van der Waals surface area contributed by atoms with Crippen molar-refractivity contribution >= 4 is 11.3 Å². The van der Waals surface area contributed by atoms with Gasteiger partial charge in [-0.25, -0.2) is 4.98 Å². The minimum atomic E-state index is -0.757. The van der Waals surface area contributed by atoms with E-state index in [9.17, 15) is 5.11 Å². The third-order valence-electron chi connectivity index (χ3n) is 4.10. The smallest absolute Gasteiger partial charge is 0.110 e. The molecule has 0 aliphatic carbocycles. The van der Waals surface area contributed by atoms with Gasteiger partial charge in [-0.2, -0.15) is 0 Å². The fourth-order valence-electron chi connectivity index (χ4n) is 2.92. The molecule has 1 N–H and O–H groups in total. The minimum Gasteiger partial charge on any atom is -0.383 e. The van der Waals surface area contributed by atoms with Crippen molar-refractivity contribution in [3.8, 4) is 12.3 Å². The van der Waals surface area contributed by atoms with Crippen LogP contribution >= 0.6 is 11.3 Å². The molecule has 1 saturated heterocycles. The molecule has 0 aromatic carbocycles. The highest BCUT2D eigenvalue weighted by Crippen LogP contribution is 2.33. The van der Waals surface area contributed by atoms with E-state index < -0.39 is 5.60 Å². The van der Waals surface area contributed by atoms with Crippen LogP contribution in [0, 0.1) is 18.3 Å². The molecule has 0 radical (unpaired) electrons. The second kappa shape index (κ2) is 7.56. The number of nitrogens with zero attached hydrogens (tertiary/aromatic N) is 3. The number of hydrogen-bond donors (Lipinski definition) is 1. The van der Waals surface area contributed by atoms with E-state index in [0.29, 0.717) is 12.5 Å². The van der Waals surface area contributed by atoms with Crippen molar-refractivity contribution < 1.29 is 5.11 Å². The highest BCUT2D eigenvalue weighted by molar-refractivity contribution is 7.09. The van der Waals surface area contributed by atoms with Gasteiger partial charge in [-0.15, -0.1) is 17.8 Å². The zero-order valence-electron chi connectivity index (χ0n) is 13.9. The largest absolute Gasteiger partial charge is 0.383 e. The molecule has 122 valence electrons. The molecular formula is C17H27N3OS. The molecule has 1 aromatic heterocycles. The summed E-state index contributed by atoms with van der Waals surface area (Å²) >= 11 is 1.61. The van der Waals surface area contributed by atoms with E-state index >= 15 is 0 Å². The second-order valence-electron chi connectivity index (χ2n) is 6.73. The van der Waals surface area contributed by atoms with Gasteiger partial charge in [0, 0.05) is 25.0 Å². The van der Waals surface area contributed by atoms with Gasteiger partial charge in [0.05, 0.1) is 18.8 Å². The van der Waals surface area contributed by atoms with Crippen molar-refractivity contribution in [1.82, 2.24) is 14.8 Å². The second-order valence-corrected chi connectivity index (χ2v) is 7.67. The molecule has 0 atom stereocenters. The Hall–Kier alpha value is -0.930. The summed E-state index contributed by atoms with van der Waals surface area (Å²) in [4.78, 5) is 9.14. The predicted octanol–water partition coefficient (Wildman–Crippen LogP) is 2.15. The first-order chi connectivity index (χ1) is 10.4. The van der Waals surface area contributed by atoms with Crippen molar-refractivity contribution in [3.63, 3.8) is 0 Å². The van der Waals surface area contributed by atoms with Crippen LogP contribution < -0.4 is 0 Å². The highest BCUT2D eigenvalue weighted by Gasteiger charge is 2.36. The van der Waals surface area contributed by atoms with E-state index in [-0.39, 0.29) is 0 Å². The van der Waals surface area contributed by atoms with Crippen LogP contribution in [0.3, 0.4) is 0 Å². The maximum atomic E-state index is 10.9. The molecule has 4 nitrogen and oxygen atoms in total. The molecule has 1 aliphatic heterocycles. The minimum absolute atomic E-state index is 0.614. The number of terminal acetylenes is 1. The predicted molar refractivity (Wildman–Crippen MR) is 91.7 cm³/mol. The number of likely N-dealkylation sites (tertiary alicyclic amines) is 1. The molecule has 1 aliphatic rings. The van der Waals surface area contributed by atoms with Crippen molar-refractivity contribution in [2.45, 2.75) is 38.8 Å². The Kier molecular flexibility index (Phi) is 5.99. The Morgan fingerprint density at radius 1 is 1.50 bits per heavy atom. The lowest BCUT2D eigenvalue weighted by molar-refractivity contribution is -0.0309. The quantitative estimate of drug-likeness (QED) is 0.815.